The first-order valence-electron chi connectivity index (χ1n) is 6.12. The molecule has 132 valence electrons. The van der Waals surface area contributed by atoms with Crippen molar-refractivity contribution < 1.29 is 30.5 Å². The predicted molar refractivity (Wildman–Crippen MR) is 80.3 cm³/mol. The van der Waals surface area contributed by atoms with Gasteiger partial charge in [0.1, 0.15) is 0 Å². The predicted octanol–water partition coefficient (Wildman–Crippen LogP) is 5.92. The van der Waals surface area contributed by atoms with Gasteiger partial charge in [0.05, 0.1) is 16.2 Å². The van der Waals surface area contributed by atoms with Gasteiger partial charge in [-0.1, -0.05) is 18.7 Å². The lowest BCUT2D eigenvalue weighted by atomic mass is 10.1. The van der Waals surface area contributed by atoms with Crippen molar-refractivity contribution >= 4 is 29.2 Å². The van der Waals surface area contributed by atoms with Gasteiger partial charge in [-0.3, -0.25) is 4.98 Å². The van der Waals surface area contributed by atoms with Gasteiger partial charge >= 0.3 is 12.5 Å². The molecule has 10 heteroatoms. The van der Waals surface area contributed by atoms with Crippen LogP contribution in [0.1, 0.15) is 5.69 Å². The second kappa shape index (κ2) is 8.59. The highest BCUT2D eigenvalue weighted by molar-refractivity contribution is 7.94. The van der Waals surface area contributed by atoms with Crippen LogP contribution >= 0.6 is 23.6 Å². The zero-order valence-corrected chi connectivity index (χ0v) is 13.4. The Morgan fingerprint density at radius 3 is 2.29 bits per heavy atom. The second-order valence-electron chi connectivity index (χ2n) is 4.14. The SMILES string of the molecule is C=C/C(=C\C=C(/CCl)c1ccc(SOC(F)(F)F)cn1)C(F)(F)F. The minimum atomic E-state index is -4.80. The summed E-state index contributed by atoms with van der Waals surface area (Å²) in [5, 5.41) is 0. The quantitative estimate of drug-likeness (QED) is 0.261. The Hall–Kier alpha value is -1.45. The first-order valence-corrected chi connectivity index (χ1v) is 7.39. The molecule has 0 amide bonds. The van der Waals surface area contributed by atoms with Crippen molar-refractivity contribution in [3.63, 3.8) is 0 Å². The van der Waals surface area contributed by atoms with Crippen LogP contribution in [0.5, 0.6) is 0 Å². The first-order chi connectivity index (χ1) is 11.1. The summed E-state index contributed by atoms with van der Waals surface area (Å²) < 4.78 is 77.1. The Labute approximate surface area is 143 Å². The van der Waals surface area contributed by atoms with E-state index in [0.29, 0.717) is 6.08 Å². The summed E-state index contributed by atoms with van der Waals surface area (Å²) in [7, 11) is 0. The molecule has 0 fully saturated rings. The fourth-order valence-corrected chi connectivity index (χ4v) is 2.02. The zero-order chi connectivity index (χ0) is 18.4. The number of hydrogen-bond donors (Lipinski definition) is 0. The average Bonchev–Trinajstić information content (AvgIpc) is 2.48. The summed E-state index contributed by atoms with van der Waals surface area (Å²) >= 11 is 5.75. The molecule has 1 rings (SSSR count). The molecule has 1 aromatic rings. The zero-order valence-electron chi connectivity index (χ0n) is 11.8. The summed E-state index contributed by atoms with van der Waals surface area (Å²) in [5.41, 5.74) is -0.479. The van der Waals surface area contributed by atoms with E-state index in [1.54, 1.807) is 0 Å². The Morgan fingerprint density at radius 1 is 1.21 bits per heavy atom. The van der Waals surface area contributed by atoms with Crippen molar-refractivity contribution in [1.82, 2.24) is 4.98 Å². The van der Waals surface area contributed by atoms with E-state index in [9.17, 15) is 26.3 Å². The fraction of sp³-hybridized carbons (Fsp3) is 0.214. The van der Waals surface area contributed by atoms with Gasteiger partial charge in [0.2, 0.25) is 0 Å². The average molecular weight is 390 g/mol. The van der Waals surface area contributed by atoms with E-state index in [2.05, 4.69) is 15.7 Å². The Morgan fingerprint density at radius 2 is 1.88 bits per heavy atom. The third-order valence-electron chi connectivity index (χ3n) is 2.45. The van der Waals surface area contributed by atoms with E-state index in [4.69, 9.17) is 11.6 Å². The molecule has 0 radical (unpaired) electrons. The Bertz CT molecular complexity index is 622. The van der Waals surface area contributed by atoms with Crippen LogP contribution in [0, 0.1) is 0 Å². The van der Waals surface area contributed by atoms with Gasteiger partial charge in [-0.2, -0.15) is 13.2 Å². The van der Waals surface area contributed by atoms with E-state index < -0.39 is 18.1 Å². The van der Waals surface area contributed by atoms with Gasteiger partial charge in [-0.15, -0.1) is 24.8 Å². The number of hydrogen-bond acceptors (Lipinski definition) is 3. The third kappa shape index (κ3) is 6.98. The standard InChI is InChI=1S/C14H10ClF6NOS/c1-2-10(13(16,17)18)4-3-9(7-15)12-6-5-11(8-22-12)24-23-14(19,20)21/h2-6,8H,1,7H2/b9-3+,10-4+. The largest absolute Gasteiger partial charge is 0.533 e. The number of pyridine rings is 1. The van der Waals surface area contributed by atoms with Crippen LogP contribution in [-0.4, -0.2) is 23.4 Å². The van der Waals surface area contributed by atoms with E-state index in [1.165, 1.54) is 12.1 Å². The van der Waals surface area contributed by atoms with E-state index >= 15 is 0 Å². The van der Waals surface area contributed by atoms with Gasteiger partial charge in [0.25, 0.3) is 0 Å². The van der Waals surface area contributed by atoms with Gasteiger partial charge in [0, 0.05) is 24.1 Å². The van der Waals surface area contributed by atoms with E-state index in [0.717, 1.165) is 18.3 Å². The van der Waals surface area contributed by atoms with Crippen LogP contribution in [0.15, 0.2) is 53.6 Å². The molecule has 1 aromatic heterocycles. The molecule has 2 nitrogen and oxygen atoms in total. The number of rotatable bonds is 6. The van der Waals surface area contributed by atoms with Crippen LogP contribution in [0.3, 0.4) is 0 Å². The molecule has 24 heavy (non-hydrogen) atoms. The maximum Gasteiger partial charge on any atom is 0.533 e. The monoisotopic (exact) mass is 389 g/mol. The lowest BCUT2D eigenvalue weighted by Gasteiger charge is -2.08. The summed E-state index contributed by atoms with van der Waals surface area (Å²) in [6.07, 6.45) is -5.69. The minimum absolute atomic E-state index is 0.0667. The number of allylic oxidation sites excluding steroid dienone is 5. The number of aromatic nitrogens is 1. The molecule has 0 saturated heterocycles. The molecule has 0 aliphatic rings. The van der Waals surface area contributed by atoms with Gasteiger partial charge < -0.3 is 0 Å². The van der Waals surface area contributed by atoms with Gasteiger partial charge in [-0.05, 0) is 23.8 Å². The number of halogens is 7. The molecule has 0 atom stereocenters. The first kappa shape index (κ1) is 20.6. The summed E-state index contributed by atoms with van der Waals surface area (Å²) in [6, 6.07) is 2.60. The highest BCUT2D eigenvalue weighted by atomic mass is 35.5. The van der Waals surface area contributed by atoms with Crippen molar-refractivity contribution in [2.75, 3.05) is 5.88 Å². The minimum Gasteiger partial charge on any atom is -0.255 e. The molecule has 0 aliphatic carbocycles. The van der Waals surface area contributed by atoms with Crippen LogP contribution in [0.4, 0.5) is 26.3 Å². The molecular formula is C14H10ClF6NOS. The maximum atomic E-state index is 12.6. The van der Waals surface area contributed by atoms with Crippen LogP contribution in [-0.2, 0) is 4.18 Å². The van der Waals surface area contributed by atoms with E-state index in [1.807, 2.05) is 0 Å². The lowest BCUT2D eigenvalue weighted by molar-refractivity contribution is -0.266. The van der Waals surface area contributed by atoms with Gasteiger partial charge in [0.15, 0.2) is 0 Å². The van der Waals surface area contributed by atoms with Crippen LogP contribution in [0.2, 0.25) is 0 Å². The topological polar surface area (TPSA) is 22.1 Å². The highest BCUT2D eigenvalue weighted by Gasteiger charge is 2.31. The summed E-state index contributed by atoms with van der Waals surface area (Å²) in [4.78, 5) is 3.93. The molecular weight excluding hydrogens is 380 g/mol. The number of alkyl halides is 7. The van der Waals surface area contributed by atoms with Crippen molar-refractivity contribution in [3.8, 4) is 0 Å². The normalized spacial score (nSPS) is 14.0. The van der Waals surface area contributed by atoms with E-state index in [-0.39, 0.29) is 34.1 Å². The Balaban J connectivity index is 2.95. The van der Waals surface area contributed by atoms with Crippen LogP contribution in [0.25, 0.3) is 5.57 Å². The van der Waals surface area contributed by atoms with Gasteiger partial charge in [-0.25, -0.2) is 4.18 Å². The molecule has 0 spiro atoms. The smallest absolute Gasteiger partial charge is 0.255 e. The second-order valence-corrected chi connectivity index (χ2v) is 5.21. The van der Waals surface area contributed by atoms with Crippen molar-refractivity contribution in [2.45, 2.75) is 17.4 Å². The molecule has 0 bridgehead atoms. The van der Waals surface area contributed by atoms with Crippen molar-refractivity contribution in [2.24, 2.45) is 0 Å². The molecule has 0 aliphatic heterocycles. The Kier molecular flexibility index (Phi) is 7.37. The molecule has 0 aromatic carbocycles. The molecule has 0 unspecified atom stereocenters. The highest BCUT2D eigenvalue weighted by Crippen LogP contribution is 2.30. The van der Waals surface area contributed by atoms with Crippen molar-refractivity contribution in [3.05, 3.63) is 54.4 Å². The molecule has 1 heterocycles. The summed E-state index contributed by atoms with van der Waals surface area (Å²) in [5.74, 6) is -0.142. The number of nitrogens with zero attached hydrogens (tertiary/aromatic N) is 1. The molecule has 0 N–H and O–H groups in total. The molecule has 0 saturated carbocycles. The van der Waals surface area contributed by atoms with Crippen molar-refractivity contribution in [1.29, 1.82) is 0 Å². The summed E-state index contributed by atoms with van der Waals surface area (Å²) in [6.45, 7) is 3.08. The maximum absolute atomic E-state index is 12.6. The fourth-order valence-electron chi connectivity index (χ4n) is 1.38. The third-order valence-corrected chi connectivity index (χ3v) is 3.45. The lowest BCUT2D eigenvalue weighted by Crippen LogP contribution is -2.09. The van der Waals surface area contributed by atoms with Crippen LogP contribution < -0.4 is 0 Å².